The first-order valence-electron chi connectivity index (χ1n) is 2.32. The van der Waals surface area contributed by atoms with Crippen LogP contribution >= 0.6 is 0 Å². The van der Waals surface area contributed by atoms with Crippen molar-refractivity contribution in [1.29, 1.82) is 0 Å². The van der Waals surface area contributed by atoms with Gasteiger partial charge < -0.3 is 4.99 Å². The zero-order valence-electron chi connectivity index (χ0n) is 4.44. The molecule has 0 aromatic rings. The maximum Gasteiger partial charge on any atom is 0.0273 e. The van der Waals surface area contributed by atoms with Crippen molar-refractivity contribution in [3.63, 3.8) is 0 Å². The predicted octanol–water partition coefficient (Wildman–Crippen LogP) is 1.10. The fourth-order valence-corrected chi connectivity index (χ4v) is 0.129. The SMILES string of the molecule is [2H]CCC=NC. The van der Waals surface area contributed by atoms with Gasteiger partial charge in [-0.2, -0.15) is 0 Å². The van der Waals surface area contributed by atoms with Crippen LogP contribution in [-0.4, -0.2) is 13.3 Å². The van der Waals surface area contributed by atoms with E-state index in [0.29, 0.717) is 6.90 Å². The summed E-state index contributed by atoms with van der Waals surface area (Å²) in [5.41, 5.74) is 0. The van der Waals surface area contributed by atoms with Crippen LogP contribution in [-0.2, 0) is 0 Å². The van der Waals surface area contributed by atoms with E-state index >= 15 is 0 Å². The quantitative estimate of drug-likeness (QED) is 0.411. The molecule has 0 spiro atoms. The number of hydrogen-bond donors (Lipinski definition) is 0. The lowest BCUT2D eigenvalue weighted by atomic mass is 10.5. The van der Waals surface area contributed by atoms with Gasteiger partial charge in [-0.05, 0) is 12.6 Å². The summed E-state index contributed by atoms with van der Waals surface area (Å²) in [4.78, 5) is 3.68. The molecule has 30 valence electrons. The Hall–Kier alpha value is -0.330. The van der Waals surface area contributed by atoms with E-state index in [4.69, 9.17) is 1.37 Å². The summed E-state index contributed by atoms with van der Waals surface area (Å²) in [7, 11) is 1.72. The molecule has 0 heterocycles. The second kappa shape index (κ2) is 3.67. The zero-order chi connectivity index (χ0) is 4.83. The lowest BCUT2D eigenvalue weighted by molar-refractivity contribution is 1.29. The molecule has 0 atom stereocenters. The minimum absolute atomic E-state index is 0.456. The first-order chi connectivity index (χ1) is 2.91. The van der Waals surface area contributed by atoms with Gasteiger partial charge >= 0.3 is 0 Å². The normalized spacial score (nSPS) is 12.6. The molecule has 5 heavy (non-hydrogen) atoms. The van der Waals surface area contributed by atoms with E-state index < -0.39 is 0 Å². The van der Waals surface area contributed by atoms with Gasteiger partial charge in [0.15, 0.2) is 0 Å². The van der Waals surface area contributed by atoms with Crippen molar-refractivity contribution in [2.45, 2.75) is 13.3 Å². The molecule has 0 aliphatic rings. The van der Waals surface area contributed by atoms with Crippen LogP contribution in [0.5, 0.6) is 0 Å². The van der Waals surface area contributed by atoms with E-state index in [0.717, 1.165) is 6.42 Å². The molecule has 0 saturated carbocycles. The van der Waals surface area contributed by atoms with Crippen molar-refractivity contribution >= 4 is 6.21 Å². The molecule has 0 aromatic heterocycles. The van der Waals surface area contributed by atoms with E-state index in [1.165, 1.54) is 0 Å². The van der Waals surface area contributed by atoms with Crippen LogP contribution in [0.4, 0.5) is 0 Å². The summed E-state index contributed by atoms with van der Waals surface area (Å²) < 4.78 is 6.61. The molecular formula is C4H9N. The first-order valence-corrected chi connectivity index (χ1v) is 1.61. The lowest BCUT2D eigenvalue weighted by Crippen LogP contribution is -1.60. The van der Waals surface area contributed by atoms with Crippen molar-refractivity contribution < 1.29 is 1.37 Å². The fourth-order valence-electron chi connectivity index (χ4n) is 0.129. The Kier molecular flexibility index (Phi) is 2.12. The van der Waals surface area contributed by atoms with Crippen LogP contribution in [0.3, 0.4) is 0 Å². The van der Waals surface area contributed by atoms with Gasteiger partial charge in [0.25, 0.3) is 0 Å². The fraction of sp³-hybridized carbons (Fsp3) is 0.750. The van der Waals surface area contributed by atoms with Crippen LogP contribution in [0.25, 0.3) is 0 Å². The molecule has 1 nitrogen and oxygen atoms in total. The third-order valence-electron chi connectivity index (χ3n) is 0.312. The largest absolute Gasteiger partial charge is 0.301 e. The topological polar surface area (TPSA) is 12.4 Å². The molecule has 0 bridgehead atoms. The summed E-state index contributed by atoms with van der Waals surface area (Å²) in [5.74, 6) is 0. The third-order valence-corrected chi connectivity index (χ3v) is 0.312. The predicted molar refractivity (Wildman–Crippen MR) is 24.7 cm³/mol. The van der Waals surface area contributed by atoms with Gasteiger partial charge in [0.1, 0.15) is 0 Å². The Balaban J connectivity index is 2.66. The summed E-state index contributed by atoms with van der Waals surface area (Å²) in [5, 5.41) is 0. The Morgan fingerprint density at radius 3 is 3.20 bits per heavy atom. The monoisotopic (exact) mass is 72.1 g/mol. The summed E-state index contributed by atoms with van der Waals surface area (Å²) in [6.07, 6.45) is 2.53. The first kappa shape index (κ1) is 2.88. The van der Waals surface area contributed by atoms with E-state index in [-0.39, 0.29) is 0 Å². The van der Waals surface area contributed by atoms with Crippen molar-refractivity contribution in [2.24, 2.45) is 4.99 Å². The second-order valence-corrected chi connectivity index (χ2v) is 0.729. The standard InChI is InChI=1S/C4H9N/c1-3-4-5-2/h4H,3H2,1-2H3/i1D. The molecular weight excluding hydrogens is 62.1 g/mol. The second-order valence-electron chi connectivity index (χ2n) is 0.729. The summed E-state index contributed by atoms with van der Waals surface area (Å²) in [6, 6.07) is 0. The highest BCUT2D eigenvalue weighted by Crippen LogP contribution is 1.60. The van der Waals surface area contributed by atoms with Gasteiger partial charge in [0, 0.05) is 8.42 Å². The van der Waals surface area contributed by atoms with Crippen molar-refractivity contribution in [2.75, 3.05) is 7.05 Å². The minimum Gasteiger partial charge on any atom is -0.301 e. The van der Waals surface area contributed by atoms with Gasteiger partial charge in [-0.25, -0.2) is 0 Å². The van der Waals surface area contributed by atoms with E-state index in [9.17, 15) is 0 Å². The number of hydrogen-bond acceptors (Lipinski definition) is 1. The van der Waals surface area contributed by atoms with E-state index in [1.807, 2.05) is 0 Å². The molecule has 0 rings (SSSR count). The van der Waals surface area contributed by atoms with Crippen LogP contribution in [0.15, 0.2) is 4.99 Å². The molecule has 0 unspecified atom stereocenters. The lowest BCUT2D eigenvalue weighted by Gasteiger charge is -1.65. The molecule has 0 N–H and O–H groups in total. The molecule has 0 aliphatic carbocycles. The number of rotatable bonds is 1. The van der Waals surface area contributed by atoms with Crippen LogP contribution in [0.2, 0.25) is 0 Å². The smallest absolute Gasteiger partial charge is 0.0273 e. The van der Waals surface area contributed by atoms with Gasteiger partial charge in [0.2, 0.25) is 0 Å². The Morgan fingerprint density at radius 1 is 2.20 bits per heavy atom. The molecule has 0 amide bonds. The molecule has 0 aromatic carbocycles. The van der Waals surface area contributed by atoms with Crippen molar-refractivity contribution in [1.82, 2.24) is 0 Å². The summed E-state index contributed by atoms with van der Waals surface area (Å²) in [6.45, 7) is 0.456. The molecule has 1 heteroatoms. The van der Waals surface area contributed by atoms with Crippen LogP contribution in [0.1, 0.15) is 14.7 Å². The molecule has 0 aliphatic heterocycles. The highest BCUT2D eigenvalue weighted by atomic mass is 14.6. The van der Waals surface area contributed by atoms with Gasteiger partial charge in [-0.3, -0.25) is 0 Å². The highest BCUT2D eigenvalue weighted by Gasteiger charge is 1.53. The third kappa shape index (κ3) is 3.67. The Morgan fingerprint density at radius 2 is 3.00 bits per heavy atom. The average molecular weight is 72.1 g/mol. The van der Waals surface area contributed by atoms with Crippen LogP contribution in [0, 0.1) is 0 Å². The number of aliphatic imine (C=N–C) groups is 1. The van der Waals surface area contributed by atoms with Gasteiger partial charge in [-0.1, -0.05) is 6.90 Å². The average Bonchev–Trinajstić information content (AvgIpc) is 1.61. The maximum atomic E-state index is 6.61. The van der Waals surface area contributed by atoms with Gasteiger partial charge in [0.05, 0.1) is 0 Å². The molecule has 0 saturated heterocycles. The Bertz CT molecular complexity index is 42.8. The van der Waals surface area contributed by atoms with E-state index in [1.54, 1.807) is 13.3 Å². The molecule has 0 radical (unpaired) electrons. The van der Waals surface area contributed by atoms with Gasteiger partial charge in [-0.15, -0.1) is 0 Å². The maximum absolute atomic E-state index is 6.61. The minimum atomic E-state index is 0.456. The molecule has 0 fully saturated rings. The highest BCUT2D eigenvalue weighted by molar-refractivity contribution is 5.56. The zero-order valence-corrected chi connectivity index (χ0v) is 3.44. The Labute approximate surface area is 34.1 Å². The summed E-state index contributed by atoms with van der Waals surface area (Å²) >= 11 is 0. The van der Waals surface area contributed by atoms with E-state index in [2.05, 4.69) is 4.99 Å². The van der Waals surface area contributed by atoms with Crippen molar-refractivity contribution in [3.8, 4) is 0 Å². The van der Waals surface area contributed by atoms with Crippen LogP contribution < -0.4 is 0 Å². The van der Waals surface area contributed by atoms with Crippen molar-refractivity contribution in [3.05, 3.63) is 0 Å². The number of nitrogens with zero attached hydrogens (tertiary/aromatic N) is 1.